The first-order valence-corrected chi connectivity index (χ1v) is 5.91. The van der Waals surface area contributed by atoms with Gasteiger partial charge in [0.05, 0.1) is 0 Å². The van der Waals surface area contributed by atoms with Gasteiger partial charge in [0.25, 0.3) is 0 Å². The first kappa shape index (κ1) is 13.4. The van der Waals surface area contributed by atoms with E-state index in [4.69, 9.17) is 5.53 Å². The van der Waals surface area contributed by atoms with Crippen molar-refractivity contribution in [2.45, 2.75) is 4.90 Å². The smallest absolute Gasteiger partial charge is 0.211 e. The number of sulfonamides is 1. The van der Waals surface area contributed by atoms with Crippen LogP contribution in [0.5, 0.6) is 0 Å². The Kier molecular flexibility index (Phi) is 4.38. The van der Waals surface area contributed by atoms with E-state index in [-0.39, 0.29) is 13.1 Å². The minimum absolute atomic E-state index is 0.0987. The maximum Gasteiger partial charge on any atom is 0.243 e. The molecular weight excluding hydrogens is 254 g/mol. The molecule has 6 nitrogen and oxygen atoms in total. The van der Waals surface area contributed by atoms with Gasteiger partial charge in [-0.1, -0.05) is 5.11 Å². The van der Waals surface area contributed by atoms with Crippen molar-refractivity contribution in [3.05, 3.63) is 40.3 Å². The van der Waals surface area contributed by atoms with Crippen molar-refractivity contribution in [2.24, 2.45) is 5.11 Å². The van der Waals surface area contributed by atoms with E-state index in [0.29, 0.717) is 6.07 Å². The first-order valence-electron chi connectivity index (χ1n) is 4.43. The third-order valence-electron chi connectivity index (χ3n) is 1.75. The van der Waals surface area contributed by atoms with E-state index in [2.05, 4.69) is 10.0 Å². The van der Waals surface area contributed by atoms with E-state index in [9.17, 15) is 17.2 Å². The molecule has 1 N–H and O–H groups in total. The van der Waals surface area contributed by atoms with Crippen molar-refractivity contribution < 1.29 is 17.2 Å². The molecule has 92 valence electrons. The fourth-order valence-electron chi connectivity index (χ4n) is 1.05. The molecule has 0 heterocycles. The number of hydrogen-bond acceptors (Lipinski definition) is 3. The molecule has 0 saturated heterocycles. The molecule has 0 fully saturated rings. The second-order valence-electron chi connectivity index (χ2n) is 2.93. The quantitative estimate of drug-likeness (QED) is 0.377. The lowest BCUT2D eigenvalue weighted by atomic mass is 10.3. The summed E-state index contributed by atoms with van der Waals surface area (Å²) in [4.78, 5) is 1.77. The van der Waals surface area contributed by atoms with Crippen LogP contribution in [-0.2, 0) is 10.0 Å². The van der Waals surface area contributed by atoms with E-state index in [1.807, 2.05) is 4.72 Å². The normalized spacial score (nSPS) is 10.9. The van der Waals surface area contributed by atoms with Crippen molar-refractivity contribution in [3.63, 3.8) is 0 Å². The maximum absolute atomic E-state index is 13.2. The SMILES string of the molecule is [N-]=[N+]=NCCNS(=O)(=O)c1ccc(F)cc1F. The largest absolute Gasteiger partial charge is 0.243 e. The molecular formula is C8H8F2N4O2S. The molecule has 0 unspecified atom stereocenters. The Bertz CT molecular complexity index is 555. The number of benzene rings is 1. The van der Waals surface area contributed by atoms with Gasteiger partial charge >= 0.3 is 0 Å². The van der Waals surface area contributed by atoms with Gasteiger partial charge in [0, 0.05) is 24.1 Å². The molecule has 1 aromatic carbocycles. The van der Waals surface area contributed by atoms with E-state index in [1.54, 1.807) is 0 Å². The molecule has 0 saturated carbocycles. The highest BCUT2D eigenvalue weighted by Crippen LogP contribution is 2.14. The van der Waals surface area contributed by atoms with Gasteiger partial charge in [-0.15, -0.1) is 0 Å². The van der Waals surface area contributed by atoms with Crippen molar-refractivity contribution in [1.82, 2.24) is 4.72 Å². The van der Waals surface area contributed by atoms with E-state index < -0.39 is 26.6 Å². The van der Waals surface area contributed by atoms with Gasteiger partial charge in [-0.05, 0) is 17.7 Å². The van der Waals surface area contributed by atoms with Crippen molar-refractivity contribution in [3.8, 4) is 0 Å². The molecule has 17 heavy (non-hydrogen) atoms. The molecule has 0 radical (unpaired) electrons. The summed E-state index contributed by atoms with van der Waals surface area (Å²) in [7, 11) is -4.06. The monoisotopic (exact) mass is 262 g/mol. The van der Waals surface area contributed by atoms with Crippen LogP contribution in [0, 0.1) is 11.6 Å². The predicted octanol–water partition coefficient (Wildman–Crippen LogP) is 1.55. The van der Waals surface area contributed by atoms with Crippen LogP contribution < -0.4 is 4.72 Å². The van der Waals surface area contributed by atoms with Gasteiger partial charge < -0.3 is 0 Å². The van der Waals surface area contributed by atoms with Crippen LogP contribution in [0.3, 0.4) is 0 Å². The zero-order valence-corrected chi connectivity index (χ0v) is 9.29. The first-order chi connectivity index (χ1) is 7.97. The molecule has 0 aliphatic rings. The maximum atomic E-state index is 13.2. The summed E-state index contributed by atoms with van der Waals surface area (Å²) < 4.78 is 50.8. The summed E-state index contributed by atoms with van der Waals surface area (Å²) >= 11 is 0. The van der Waals surface area contributed by atoms with E-state index in [1.165, 1.54) is 0 Å². The zero-order chi connectivity index (χ0) is 12.9. The summed E-state index contributed by atoms with van der Waals surface area (Å²) in [6.07, 6.45) is 0. The highest BCUT2D eigenvalue weighted by Gasteiger charge is 2.18. The number of nitrogens with zero attached hydrogens (tertiary/aromatic N) is 3. The van der Waals surface area contributed by atoms with Crippen LogP contribution in [-0.4, -0.2) is 21.5 Å². The summed E-state index contributed by atoms with van der Waals surface area (Å²) in [6, 6.07) is 2.13. The highest BCUT2D eigenvalue weighted by molar-refractivity contribution is 7.89. The predicted molar refractivity (Wildman–Crippen MR) is 55.6 cm³/mol. The lowest BCUT2D eigenvalue weighted by Gasteiger charge is -2.06. The van der Waals surface area contributed by atoms with Gasteiger partial charge in [-0.25, -0.2) is 21.9 Å². The number of hydrogen-bond donors (Lipinski definition) is 1. The summed E-state index contributed by atoms with van der Waals surface area (Å²) in [5.41, 5.74) is 7.97. The Morgan fingerprint density at radius 1 is 1.41 bits per heavy atom. The lowest BCUT2D eigenvalue weighted by Crippen LogP contribution is -2.27. The summed E-state index contributed by atoms with van der Waals surface area (Å²) in [6.45, 7) is -0.262. The number of azide groups is 1. The molecule has 0 amide bonds. The van der Waals surface area contributed by atoms with Crippen LogP contribution >= 0.6 is 0 Å². The van der Waals surface area contributed by atoms with Gasteiger partial charge in [0.2, 0.25) is 10.0 Å². The van der Waals surface area contributed by atoms with Crippen LogP contribution in [0.4, 0.5) is 8.78 Å². The van der Waals surface area contributed by atoms with Gasteiger partial charge in [0.1, 0.15) is 16.5 Å². The Morgan fingerprint density at radius 3 is 2.71 bits per heavy atom. The molecule has 0 bridgehead atoms. The minimum Gasteiger partial charge on any atom is -0.211 e. The minimum atomic E-state index is -4.06. The van der Waals surface area contributed by atoms with Gasteiger partial charge in [0.15, 0.2) is 0 Å². The lowest BCUT2D eigenvalue weighted by molar-refractivity contribution is 0.543. The third kappa shape index (κ3) is 3.66. The fraction of sp³-hybridized carbons (Fsp3) is 0.250. The van der Waals surface area contributed by atoms with Crippen molar-refractivity contribution in [2.75, 3.05) is 13.1 Å². The Balaban J connectivity index is 2.86. The number of halogens is 2. The molecule has 0 aromatic heterocycles. The Morgan fingerprint density at radius 2 is 2.12 bits per heavy atom. The van der Waals surface area contributed by atoms with E-state index in [0.717, 1.165) is 12.1 Å². The summed E-state index contributed by atoms with van der Waals surface area (Å²) in [5.74, 6) is -2.04. The molecule has 0 aliphatic heterocycles. The Hall–Kier alpha value is -1.70. The summed E-state index contributed by atoms with van der Waals surface area (Å²) in [5, 5.41) is 3.10. The third-order valence-corrected chi connectivity index (χ3v) is 3.24. The zero-order valence-electron chi connectivity index (χ0n) is 8.47. The van der Waals surface area contributed by atoms with Crippen LogP contribution in [0.15, 0.2) is 28.2 Å². The number of nitrogens with one attached hydrogen (secondary N) is 1. The molecule has 9 heteroatoms. The number of rotatable bonds is 5. The fourth-order valence-corrected chi connectivity index (χ4v) is 2.12. The van der Waals surface area contributed by atoms with Gasteiger partial charge in [-0.2, -0.15) is 0 Å². The molecule has 1 aromatic rings. The molecule has 0 spiro atoms. The molecule has 0 aliphatic carbocycles. The van der Waals surface area contributed by atoms with Crippen molar-refractivity contribution in [1.29, 1.82) is 0 Å². The second kappa shape index (κ2) is 5.58. The van der Waals surface area contributed by atoms with Crippen molar-refractivity contribution >= 4 is 10.0 Å². The Labute approximate surface area is 95.9 Å². The van der Waals surface area contributed by atoms with Crippen LogP contribution in [0.25, 0.3) is 10.4 Å². The van der Waals surface area contributed by atoms with Gasteiger partial charge in [-0.3, -0.25) is 0 Å². The highest BCUT2D eigenvalue weighted by atomic mass is 32.2. The average Bonchev–Trinajstić information content (AvgIpc) is 2.24. The molecule has 1 rings (SSSR count). The van der Waals surface area contributed by atoms with Crippen LogP contribution in [0.1, 0.15) is 0 Å². The standard InChI is InChI=1S/C8H8F2N4O2S/c9-6-1-2-8(7(10)5-6)17(15,16)13-4-3-12-14-11/h1-2,5,13H,3-4H2. The second-order valence-corrected chi connectivity index (χ2v) is 4.66. The van der Waals surface area contributed by atoms with Crippen LogP contribution in [0.2, 0.25) is 0 Å². The topological polar surface area (TPSA) is 94.9 Å². The average molecular weight is 262 g/mol. The molecule has 0 atom stereocenters. The van der Waals surface area contributed by atoms with E-state index >= 15 is 0 Å².